The van der Waals surface area contributed by atoms with E-state index in [0.717, 1.165) is 13.0 Å². The smallest absolute Gasteiger partial charge is 0.251 e. The summed E-state index contributed by atoms with van der Waals surface area (Å²) in [5.41, 5.74) is 3.12. The Kier molecular flexibility index (Phi) is 4.05. The Bertz CT molecular complexity index is 272. The van der Waals surface area contributed by atoms with Gasteiger partial charge in [-0.05, 0) is 45.6 Å². The van der Waals surface area contributed by atoms with Gasteiger partial charge in [-0.25, -0.2) is 5.01 Å². The van der Waals surface area contributed by atoms with Gasteiger partial charge in [-0.2, -0.15) is 0 Å². The fraction of sp³-hybridized carbons (Fsp3) is 0.923. The summed E-state index contributed by atoms with van der Waals surface area (Å²) in [5, 5.41) is 5.44. The minimum Gasteiger partial charge on any atom is -0.306 e. The number of hydrogen-bond acceptors (Lipinski definition) is 3. The van der Waals surface area contributed by atoms with Crippen molar-refractivity contribution in [3.8, 4) is 0 Å². The fourth-order valence-electron chi connectivity index (χ4n) is 3.02. The van der Waals surface area contributed by atoms with Gasteiger partial charge in [0.1, 0.15) is 0 Å². The van der Waals surface area contributed by atoms with Crippen LogP contribution >= 0.6 is 0 Å². The number of nitrogens with one attached hydrogen (secondary N) is 2. The van der Waals surface area contributed by atoms with Gasteiger partial charge in [-0.1, -0.05) is 13.3 Å². The molecule has 0 bridgehead atoms. The van der Waals surface area contributed by atoms with Crippen LogP contribution in [0.4, 0.5) is 0 Å². The van der Waals surface area contributed by atoms with E-state index >= 15 is 0 Å². The van der Waals surface area contributed by atoms with Crippen LogP contribution in [0.3, 0.4) is 0 Å². The fourth-order valence-corrected chi connectivity index (χ4v) is 3.02. The van der Waals surface area contributed by atoms with Gasteiger partial charge in [0.2, 0.25) is 0 Å². The van der Waals surface area contributed by atoms with Gasteiger partial charge in [0, 0.05) is 12.1 Å². The molecular weight excluding hydrogens is 214 g/mol. The number of carbonyl (C=O) groups is 1. The molecule has 4 nitrogen and oxygen atoms in total. The lowest BCUT2D eigenvalue weighted by Crippen LogP contribution is -2.58. The van der Waals surface area contributed by atoms with E-state index in [-0.39, 0.29) is 11.9 Å². The van der Waals surface area contributed by atoms with Crippen LogP contribution in [0.2, 0.25) is 0 Å². The van der Waals surface area contributed by atoms with Crippen molar-refractivity contribution in [1.29, 1.82) is 0 Å². The van der Waals surface area contributed by atoms with Gasteiger partial charge in [-0.15, -0.1) is 0 Å². The van der Waals surface area contributed by atoms with Crippen molar-refractivity contribution >= 4 is 5.91 Å². The molecule has 0 aromatic heterocycles. The van der Waals surface area contributed by atoms with Crippen LogP contribution in [-0.2, 0) is 4.79 Å². The van der Waals surface area contributed by atoms with Crippen LogP contribution in [0, 0.1) is 5.92 Å². The van der Waals surface area contributed by atoms with E-state index in [4.69, 9.17) is 0 Å². The van der Waals surface area contributed by atoms with Gasteiger partial charge in [0.05, 0.1) is 6.04 Å². The Morgan fingerprint density at radius 3 is 2.35 bits per heavy atom. The normalized spacial score (nSPS) is 39.2. The molecule has 2 aliphatic heterocycles. The first kappa shape index (κ1) is 12.8. The maximum Gasteiger partial charge on any atom is 0.251 e. The van der Waals surface area contributed by atoms with Crippen molar-refractivity contribution in [3.63, 3.8) is 0 Å². The molecular formula is C13H25N3O. The van der Waals surface area contributed by atoms with Gasteiger partial charge in [0.25, 0.3) is 5.91 Å². The van der Waals surface area contributed by atoms with E-state index in [1.54, 1.807) is 0 Å². The molecule has 2 saturated heterocycles. The van der Waals surface area contributed by atoms with Crippen LogP contribution in [0.1, 0.15) is 46.5 Å². The lowest BCUT2D eigenvalue weighted by Gasteiger charge is -2.39. The van der Waals surface area contributed by atoms with Crippen molar-refractivity contribution in [2.24, 2.45) is 5.92 Å². The van der Waals surface area contributed by atoms with E-state index in [9.17, 15) is 4.79 Å². The Morgan fingerprint density at radius 2 is 1.82 bits per heavy atom. The summed E-state index contributed by atoms with van der Waals surface area (Å²) in [6.45, 7) is 7.50. The zero-order valence-corrected chi connectivity index (χ0v) is 11.2. The Balaban J connectivity index is 1.92. The molecule has 4 atom stereocenters. The molecule has 0 aliphatic carbocycles. The van der Waals surface area contributed by atoms with Crippen molar-refractivity contribution in [2.75, 3.05) is 6.54 Å². The summed E-state index contributed by atoms with van der Waals surface area (Å²) in [6, 6.07) is 0.912. The minimum atomic E-state index is -0.00340. The van der Waals surface area contributed by atoms with E-state index < -0.39 is 0 Å². The quantitative estimate of drug-likeness (QED) is 0.763. The van der Waals surface area contributed by atoms with Crippen molar-refractivity contribution in [2.45, 2.75) is 64.6 Å². The van der Waals surface area contributed by atoms with Crippen LogP contribution in [0.15, 0.2) is 0 Å². The largest absolute Gasteiger partial charge is 0.306 e. The third-order valence-electron chi connectivity index (χ3n) is 4.25. The molecule has 4 heteroatoms. The maximum atomic E-state index is 12.2. The average Bonchev–Trinajstić information content (AvgIpc) is 2.70. The summed E-state index contributed by atoms with van der Waals surface area (Å²) in [6.07, 6.45) is 4.73. The van der Waals surface area contributed by atoms with Crippen molar-refractivity contribution in [3.05, 3.63) is 0 Å². The monoisotopic (exact) mass is 239 g/mol. The molecule has 2 N–H and O–H groups in total. The second-order valence-electron chi connectivity index (χ2n) is 5.71. The number of carbonyl (C=O) groups excluding carboxylic acids is 1. The van der Waals surface area contributed by atoms with Crippen LogP contribution in [-0.4, -0.2) is 35.6 Å². The predicted molar refractivity (Wildman–Crippen MR) is 68.3 cm³/mol. The van der Waals surface area contributed by atoms with Gasteiger partial charge < -0.3 is 5.32 Å². The molecule has 0 aromatic carbocycles. The summed E-state index contributed by atoms with van der Waals surface area (Å²) < 4.78 is 0. The third-order valence-corrected chi connectivity index (χ3v) is 4.25. The van der Waals surface area contributed by atoms with E-state index in [0.29, 0.717) is 18.0 Å². The lowest BCUT2D eigenvalue weighted by atomic mass is 9.99. The molecule has 2 aliphatic rings. The lowest BCUT2D eigenvalue weighted by molar-refractivity contribution is -0.131. The zero-order valence-electron chi connectivity index (χ0n) is 11.2. The highest BCUT2D eigenvalue weighted by atomic mass is 16.2. The highest BCUT2D eigenvalue weighted by Crippen LogP contribution is 2.21. The van der Waals surface area contributed by atoms with Crippen LogP contribution in [0.5, 0.6) is 0 Å². The molecule has 98 valence electrons. The second-order valence-corrected chi connectivity index (χ2v) is 5.71. The molecule has 17 heavy (non-hydrogen) atoms. The number of rotatable bonds is 2. The molecule has 0 saturated carbocycles. The van der Waals surface area contributed by atoms with E-state index in [1.807, 2.05) is 0 Å². The number of hydrazine groups is 1. The Labute approximate surface area is 104 Å². The molecule has 0 radical (unpaired) electrons. The molecule has 2 fully saturated rings. The number of nitrogens with zero attached hydrogens (tertiary/aromatic N) is 1. The topological polar surface area (TPSA) is 44.4 Å². The summed E-state index contributed by atoms with van der Waals surface area (Å²) in [7, 11) is 0. The Morgan fingerprint density at radius 1 is 1.18 bits per heavy atom. The van der Waals surface area contributed by atoms with Crippen LogP contribution in [0.25, 0.3) is 0 Å². The summed E-state index contributed by atoms with van der Waals surface area (Å²) in [5.74, 6) is 0.598. The van der Waals surface area contributed by atoms with Gasteiger partial charge >= 0.3 is 0 Å². The van der Waals surface area contributed by atoms with E-state index in [1.165, 1.54) is 19.3 Å². The van der Waals surface area contributed by atoms with E-state index in [2.05, 4.69) is 36.5 Å². The standard InChI is InChI=1S/C13H25N3O/c1-9-7-8-14-12(9)13(17)15-16-10(2)5-4-6-11(16)3/h9-12,14H,4-8H2,1-3H3,(H,15,17). The Hall–Kier alpha value is -0.610. The van der Waals surface area contributed by atoms with Crippen LogP contribution < -0.4 is 10.7 Å². The third kappa shape index (κ3) is 2.80. The first-order valence-electron chi connectivity index (χ1n) is 6.92. The highest BCUT2D eigenvalue weighted by molar-refractivity contribution is 5.82. The molecule has 2 heterocycles. The minimum absolute atomic E-state index is 0.00340. The number of hydrogen-bond donors (Lipinski definition) is 2. The van der Waals surface area contributed by atoms with Gasteiger partial charge in [-0.3, -0.25) is 10.2 Å². The summed E-state index contributed by atoms with van der Waals surface area (Å²) >= 11 is 0. The SMILES string of the molecule is CC1CCNC1C(=O)NN1C(C)CCCC1C. The van der Waals surface area contributed by atoms with Gasteiger partial charge in [0.15, 0.2) is 0 Å². The molecule has 2 rings (SSSR count). The first-order chi connectivity index (χ1) is 8.09. The molecule has 1 amide bonds. The first-order valence-corrected chi connectivity index (χ1v) is 6.92. The van der Waals surface area contributed by atoms with Crippen molar-refractivity contribution < 1.29 is 4.79 Å². The molecule has 4 unspecified atom stereocenters. The second kappa shape index (κ2) is 5.36. The number of amides is 1. The number of piperidine rings is 1. The molecule has 0 spiro atoms. The maximum absolute atomic E-state index is 12.2. The highest BCUT2D eigenvalue weighted by Gasteiger charge is 2.33. The zero-order chi connectivity index (χ0) is 12.4. The van der Waals surface area contributed by atoms with Crippen molar-refractivity contribution in [1.82, 2.24) is 15.8 Å². The summed E-state index contributed by atoms with van der Waals surface area (Å²) in [4.78, 5) is 12.2. The predicted octanol–water partition coefficient (Wildman–Crippen LogP) is 1.28. The molecule has 0 aromatic rings. The average molecular weight is 239 g/mol.